The van der Waals surface area contributed by atoms with Crippen LogP contribution < -0.4 is 4.90 Å². The summed E-state index contributed by atoms with van der Waals surface area (Å²) in [7, 11) is 3.86. The van der Waals surface area contributed by atoms with Crippen LogP contribution in [0.3, 0.4) is 0 Å². The topological polar surface area (TPSA) is 44.9 Å². The van der Waals surface area contributed by atoms with Crippen molar-refractivity contribution in [3.63, 3.8) is 0 Å². The molecule has 1 atom stereocenters. The van der Waals surface area contributed by atoms with Gasteiger partial charge in [0.1, 0.15) is 12.6 Å². The van der Waals surface area contributed by atoms with Gasteiger partial charge in [0.25, 0.3) is 0 Å². The van der Waals surface area contributed by atoms with Crippen LogP contribution in [0, 0.1) is 0 Å². The highest BCUT2D eigenvalue weighted by molar-refractivity contribution is 4.44. The average Bonchev–Trinajstić information content (AvgIpc) is 1.65. The average molecular weight is 120 g/mol. The molecule has 0 amide bonds. The maximum Gasteiger partial charge on any atom is 0.126 e. The molecule has 0 bridgehead atoms. The van der Waals surface area contributed by atoms with Crippen LogP contribution >= 0.6 is 0 Å². The number of aliphatic hydroxyl groups excluding tert-OH is 2. The van der Waals surface area contributed by atoms with E-state index in [1.807, 2.05) is 14.1 Å². The second-order valence-corrected chi connectivity index (χ2v) is 2.25. The smallest absolute Gasteiger partial charge is 0.126 e. The van der Waals surface area contributed by atoms with Crippen molar-refractivity contribution in [2.45, 2.75) is 6.10 Å². The van der Waals surface area contributed by atoms with Gasteiger partial charge < -0.3 is 15.1 Å². The lowest BCUT2D eigenvalue weighted by Crippen LogP contribution is -3.07. The van der Waals surface area contributed by atoms with Gasteiger partial charge in [-0.25, -0.2) is 0 Å². The Morgan fingerprint density at radius 2 is 2.00 bits per heavy atom. The summed E-state index contributed by atoms with van der Waals surface area (Å²) in [6.07, 6.45) is -0.556. The van der Waals surface area contributed by atoms with Gasteiger partial charge in [-0.05, 0) is 0 Å². The van der Waals surface area contributed by atoms with Crippen molar-refractivity contribution < 1.29 is 15.1 Å². The Morgan fingerprint density at radius 3 is 2.12 bits per heavy atom. The summed E-state index contributed by atoms with van der Waals surface area (Å²) in [5.74, 6) is 0. The molecule has 0 aliphatic rings. The molecule has 0 spiro atoms. The zero-order chi connectivity index (χ0) is 6.57. The molecule has 0 aromatic carbocycles. The van der Waals surface area contributed by atoms with Crippen molar-refractivity contribution in [3.05, 3.63) is 0 Å². The maximum absolute atomic E-state index is 8.76. The van der Waals surface area contributed by atoms with Crippen molar-refractivity contribution in [2.75, 3.05) is 27.2 Å². The predicted molar refractivity (Wildman–Crippen MR) is 30.8 cm³/mol. The van der Waals surface area contributed by atoms with Crippen molar-refractivity contribution >= 4 is 0 Å². The summed E-state index contributed by atoms with van der Waals surface area (Å²) in [4.78, 5) is 1.14. The summed E-state index contributed by atoms with van der Waals surface area (Å²) in [5.41, 5.74) is 0. The second kappa shape index (κ2) is 3.83. The fraction of sp³-hybridized carbons (Fsp3) is 1.00. The zero-order valence-electron chi connectivity index (χ0n) is 5.39. The van der Waals surface area contributed by atoms with Crippen LogP contribution in [0.15, 0.2) is 0 Å². The van der Waals surface area contributed by atoms with Crippen molar-refractivity contribution in [2.24, 2.45) is 0 Å². The monoisotopic (exact) mass is 120 g/mol. The van der Waals surface area contributed by atoms with E-state index in [1.165, 1.54) is 0 Å². The van der Waals surface area contributed by atoms with Gasteiger partial charge >= 0.3 is 0 Å². The highest BCUT2D eigenvalue weighted by Gasteiger charge is 2.03. The molecule has 0 heterocycles. The molecule has 0 aromatic heterocycles. The molecule has 0 rings (SSSR count). The minimum atomic E-state index is -0.556. The van der Waals surface area contributed by atoms with Crippen molar-refractivity contribution in [1.29, 1.82) is 0 Å². The molecule has 3 N–H and O–H groups in total. The Morgan fingerprint density at radius 1 is 1.50 bits per heavy atom. The van der Waals surface area contributed by atoms with Crippen LogP contribution in [0.4, 0.5) is 0 Å². The summed E-state index contributed by atoms with van der Waals surface area (Å²) in [6.45, 7) is 0.474. The Bertz CT molecular complexity index is 56.4. The minimum Gasteiger partial charge on any atom is -0.393 e. The quantitative estimate of drug-likeness (QED) is 0.385. The third-order valence-corrected chi connectivity index (χ3v) is 0.855. The largest absolute Gasteiger partial charge is 0.393 e. The number of nitrogens with one attached hydrogen (secondary N) is 1. The Balaban J connectivity index is 3.10. The van der Waals surface area contributed by atoms with Crippen LogP contribution in [0.25, 0.3) is 0 Å². The highest BCUT2D eigenvalue weighted by Crippen LogP contribution is 1.69. The molecule has 0 saturated heterocycles. The first kappa shape index (κ1) is 7.88. The summed E-state index contributed by atoms with van der Waals surface area (Å²) in [6, 6.07) is 0. The van der Waals surface area contributed by atoms with E-state index in [9.17, 15) is 0 Å². The summed E-state index contributed by atoms with van der Waals surface area (Å²) >= 11 is 0. The van der Waals surface area contributed by atoms with E-state index < -0.39 is 6.10 Å². The normalized spacial score (nSPS) is 14.6. The molecular formula is C5H14NO2+. The van der Waals surface area contributed by atoms with Crippen LogP contribution in [0.2, 0.25) is 0 Å². The second-order valence-electron chi connectivity index (χ2n) is 2.25. The number of hydrogen-bond donors (Lipinski definition) is 3. The highest BCUT2D eigenvalue weighted by atomic mass is 16.3. The standard InChI is InChI=1S/C5H13NO2/c1-6(2)3-5(8)4-7/h5,7-8H,3-4H2,1-2H3/p+1. The lowest BCUT2D eigenvalue weighted by molar-refractivity contribution is -0.861. The van der Waals surface area contributed by atoms with E-state index in [0.717, 1.165) is 4.90 Å². The molecule has 0 fully saturated rings. The summed E-state index contributed by atoms with van der Waals surface area (Å²) < 4.78 is 0. The molecule has 1 unspecified atom stereocenters. The lowest BCUT2D eigenvalue weighted by atomic mass is 10.4. The third-order valence-electron chi connectivity index (χ3n) is 0.855. The molecule has 0 radical (unpaired) electrons. The molecule has 8 heavy (non-hydrogen) atoms. The molecule has 0 aromatic rings. The Labute approximate surface area is 49.5 Å². The maximum atomic E-state index is 8.76. The van der Waals surface area contributed by atoms with Crippen molar-refractivity contribution in [1.82, 2.24) is 0 Å². The van der Waals surface area contributed by atoms with Crippen LogP contribution in [0.5, 0.6) is 0 Å². The Kier molecular flexibility index (Phi) is 3.77. The lowest BCUT2D eigenvalue weighted by Gasteiger charge is -2.09. The first-order valence-electron chi connectivity index (χ1n) is 2.74. The van der Waals surface area contributed by atoms with Crippen molar-refractivity contribution in [3.8, 4) is 0 Å². The van der Waals surface area contributed by atoms with Crippen LogP contribution in [-0.4, -0.2) is 43.6 Å². The number of rotatable bonds is 3. The van der Waals surface area contributed by atoms with Gasteiger partial charge in [0, 0.05) is 0 Å². The number of aliphatic hydroxyl groups is 2. The molecule has 3 nitrogen and oxygen atoms in total. The summed E-state index contributed by atoms with van der Waals surface area (Å²) in [5, 5.41) is 17.1. The number of likely N-dealkylation sites (N-methyl/N-ethyl adjacent to an activating group) is 1. The van der Waals surface area contributed by atoms with Gasteiger partial charge in [-0.15, -0.1) is 0 Å². The first-order valence-corrected chi connectivity index (χ1v) is 2.74. The van der Waals surface area contributed by atoms with E-state index in [2.05, 4.69) is 0 Å². The van der Waals surface area contributed by atoms with E-state index in [-0.39, 0.29) is 6.61 Å². The molecule has 0 saturated carbocycles. The van der Waals surface area contributed by atoms with E-state index in [1.54, 1.807) is 0 Å². The zero-order valence-corrected chi connectivity index (χ0v) is 5.39. The van der Waals surface area contributed by atoms with Gasteiger partial charge in [-0.2, -0.15) is 0 Å². The van der Waals surface area contributed by atoms with E-state index >= 15 is 0 Å². The number of hydrogen-bond acceptors (Lipinski definition) is 2. The van der Waals surface area contributed by atoms with Gasteiger partial charge in [0.15, 0.2) is 0 Å². The molecular weight excluding hydrogens is 106 g/mol. The molecule has 0 aliphatic heterocycles. The minimum absolute atomic E-state index is 0.134. The first-order chi connectivity index (χ1) is 3.66. The van der Waals surface area contributed by atoms with Gasteiger partial charge in [0.2, 0.25) is 0 Å². The predicted octanol–water partition coefficient (Wildman–Crippen LogP) is -2.52. The van der Waals surface area contributed by atoms with Gasteiger partial charge in [-0.3, -0.25) is 0 Å². The molecule has 50 valence electrons. The SMILES string of the molecule is C[NH+](C)CC(O)CO. The fourth-order valence-electron chi connectivity index (χ4n) is 0.536. The van der Waals surface area contributed by atoms with Gasteiger partial charge in [0.05, 0.1) is 20.7 Å². The fourth-order valence-corrected chi connectivity index (χ4v) is 0.536. The third kappa shape index (κ3) is 4.05. The van der Waals surface area contributed by atoms with E-state index in [0.29, 0.717) is 6.54 Å². The van der Waals surface area contributed by atoms with Crippen LogP contribution in [0.1, 0.15) is 0 Å². The molecule has 0 aliphatic carbocycles. The Hall–Kier alpha value is -0.120. The van der Waals surface area contributed by atoms with Crippen LogP contribution in [-0.2, 0) is 0 Å². The number of quaternary nitrogens is 1. The molecule has 3 heteroatoms. The van der Waals surface area contributed by atoms with E-state index in [4.69, 9.17) is 10.2 Å². The van der Waals surface area contributed by atoms with Gasteiger partial charge in [-0.1, -0.05) is 0 Å².